The fourth-order valence-corrected chi connectivity index (χ4v) is 3.20. The molecule has 188 valence electrons. The Bertz CT molecular complexity index is 1200. The van der Waals surface area contributed by atoms with Gasteiger partial charge in [-0.25, -0.2) is 35.1 Å². The van der Waals surface area contributed by atoms with Gasteiger partial charge in [-0.1, -0.05) is 11.1 Å². The minimum atomic E-state index is -1.88. The molecule has 2 nitrogen and oxygen atoms in total. The predicted molar refractivity (Wildman–Crippen MR) is 108 cm³/mol. The smallest absolute Gasteiger partial charge is 0.185 e. The molecule has 0 aliphatic carbocycles. The van der Waals surface area contributed by atoms with Crippen LogP contribution >= 0.6 is 0 Å². The van der Waals surface area contributed by atoms with E-state index in [0.29, 0.717) is 0 Å². The molecule has 0 atom stereocenters. The van der Waals surface area contributed by atoms with E-state index in [1.54, 1.807) is 24.3 Å². The molecule has 4 aromatic rings. The first-order valence-electron chi connectivity index (χ1n) is 9.39. The van der Waals surface area contributed by atoms with E-state index in [0.717, 1.165) is 14.2 Å². The first-order valence-corrected chi connectivity index (χ1v) is 9.39. The van der Waals surface area contributed by atoms with Gasteiger partial charge in [0.15, 0.2) is 34.9 Å². The summed E-state index contributed by atoms with van der Waals surface area (Å²) in [5, 5.41) is 0. The van der Waals surface area contributed by atoms with Gasteiger partial charge in [-0.05, 0) is 11.1 Å². The molecule has 0 N–H and O–H groups in total. The van der Waals surface area contributed by atoms with Crippen molar-refractivity contribution in [2.45, 2.75) is 0 Å². The molecule has 0 aliphatic rings. The van der Waals surface area contributed by atoms with E-state index in [2.05, 4.69) is 9.47 Å². The SMILES string of the molecule is COc1c(F)c(F)c(F)c(F)c1-[c-]1cccc1.COc1c(F)c(F)c(F)c(F)c1-[c-]1cccc1.[Fe]. The summed E-state index contributed by atoms with van der Waals surface area (Å²) in [5.41, 5.74) is -0.405. The molecule has 0 unspecified atom stereocenters. The Morgan fingerprint density at radius 2 is 0.714 bits per heavy atom. The zero-order valence-corrected chi connectivity index (χ0v) is 18.9. The van der Waals surface area contributed by atoms with Crippen molar-refractivity contribution in [2.75, 3.05) is 14.2 Å². The molecule has 11 heteroatoms. The first kappa shape index (κ1) is 27.9. The summed E-state index contributed by atoms with van der Waals surface area (Å²) in [6.45, 7) is 0. The third-order valence-corrected chi connectivity index (χ3v) is 4.76. The topological polar surface area (TPSA) is 18.5 Å². The van der Waals surface area contributed by atoms with E-state index < -0.39 is 69.2 Å². The van der Waals surface area contributed by atoms with Crippen molar-refractivity contribution in [3.05, 3.63) is 95.1 Å². The molecule has 0 aromatic heterocycles. The van der Waals surface area contributed by atoms with E-state index >= 15 is 0 Å². The maximum absolute atomic E-state index is 13.6. The number of ether oxygens (including phenoxy) is 2. The number of hydrogen-bond acceptors (Lipinski definition) is 2. The minimum absolute atomic E-state index is 0. The summed E-state index contributed by atoms with van der Waals surface area (Å²) in [7, 11) is 2.11. The monoisotopic (exact) mass is 542 g/mol. The minimum Gasteiger partial charge on any atom is -0.528 e. The Labute approximate surface area is 204 Å². The number of halogens is 8. The molecule has 4 aromatic carbocycles. The third-order valence-electron chi connectivity index (χ3n) is 4.76. The van der Waals surface area contributed by atoms with Gasteiger partial charge in [0.1, 0.15) is 23.1 Å². The van der Waals surface area contributed by atoms with Crippen molar-refractivity contribution in [1.29, 1.82) is 0 Å². The molecule has 0 radical (unpaired) electrons. The first-order chi connectivity index (χ1) is 16.1. The molecule has 0 saturated carbocycles. The summed E-state index contributed by atoms with van der Waals surface area (Å²) in [5.74, 6) is -14.8. The van der Waals surface area contributed by atoms with Gasteiger partial charge >= 0.3 is 0 Å². The van der Waals surface area contributed by atoms with Crippen molar-refractivity contribution >= 4 is 0 Å². The Kier molecular flexibility index (Phi) is 9.11. The predicted octanol–water partition coefficient (Wildman–Crippen LogP) is 7.27. The maximum atomic E-state index is 13.6. The van der Waals surface area contributed by atoms with Crippen LogP contribution in [0.3, 0.4) is 0 Å². The fourth-order valence-electron chi connectivity index (χ4n) is 3.20. The molecule has 0 amide bonds. The number of benzene rings is 2. The van der Waals surface area contributed by atoms with Crippen LogP contribution in [0.4, 0.5) is 35.1 Å². The van der Waals surface area contributed by atoms with Crippen LogP contribution in [0.25, 0.3) is 22.3 Å². The zero-order chi connectivity index (χ0) is 25.2. The number of hydrogen-bond donors (Lipinski definition) is 0. The van der Waals surface area contributed by atoms with E-state index in [-0.39, 0.29) is 28.2 Å². The molecule has 0 fully saturated rings. The van der Waals surface area contributed by atoms with Gasteiger partial charge < -0.3 is 9.47 Å². The summed E-state index contributed by atoms with van der Waals surface area (Å²) in [4.78, 5) is 0. The second-order valence-corrected chi connectivity index (χ2v) is 6.68. The van der Waals surface area contributed by atoms with Crippen molar-refractivity contribution in [3.8, 4) is 33.8 Å². The fraction of sp³-hybridized carbons (Fsp3) is 0.0833. The second kappa shape index (κ2) is 11.4. The van der Waals surface area contributed by atoms with Gasteiger partial charge in [-0.15, -0.1) is 24.3 Å². The van der Waals surface area contributed by atoms with Gasteiger partial charge in [0.05, 0.1) is 14.2 Å². The zero-order valence-electron chi connectivity index (χ0n) is 17.8. The molecular formula is C24H14F8FeO2-2. The number of methoxy groups -OCH3 is 2. The van der Waals surface area contributed by atoms with Crippen molar-refractivity contribution in [1.82, 2.24) is 0 Å². The maximum Gasteiger partial charge on any atom is 0.185 e. The van der Waals surface area contributed by atoms with Crippen LogP contribution < -0.4 is 9.47 Å². The number of rotatable bonds is 4. The van der Waals surface area contributed by atoms with E-state index in [1.165, 1.54) is 24.3 Å². The van der Waals surface area contributed by atoms with Crippen LogP contribution in [-0.2, 0) is 17.1 Å². The standard InChI is InChI=1S/2C12H7F4O.Fe/c2*1-17-12-7(6-4-2-3-5-6)8(13)9(14)10(15)11(12)16;/h2*2-5H,1H3;/q2*-1;. The molecule has 0 heterocycles. The Morgan fingerprint density at radius 3 is 0.971 bits per heavy atom. The quantitative estimate of drug-likeness (QED) is 0.0889. The molecule has 0 spiro atoms. The third kappa shape index (κ3) is 5.06. The van der Waals surface area contributed by atoms with Gasteiger partial charge in [-0.2, -0.15) is 24.3 Å². The Hall–Kier alpha value is -3.30. The summed E-state index contributed by atoms with van der Waals surface area (Å²) in [6, 6.07) is 12.0. The second-order valence-electron chi connectivity index (χ2n) is 6.68. The average Bonchev–Trinajstić information content (AvgIpc) is 3.55. The Morgan fingerprint density at radius 1 is 0.457 bits per heavy atom. The van der Waals surface area contributed by atoms with Crippen LogP contribution in [0.1, 0.15) is 0 Å². The largest absolute Gasteiger partial charge is 0.528 e. The van der Waals surface area contributed by atoms with Crippen molar-refractivity contribution in [3.63, 3.8) is 0 Å². The van der Waals surface area contributed by atoms with Crippen molar-refractivity contribution in [2.24, 2.45) is 0 Å². The van der Waals surface area contributed by atoms with Gasteiger partial charge in [0.2, 0.25) is 0 Å². The van der Waals surface area contributed by atoms with Crippen LogP contribution in [0.15, 0.2) is 48.5 Å². The van der Waals surface area contributed by atoms with E-state index in [1.807, 2.05) is 0 Å². The van der Waals surface area contributed by atoms with Crippen LogP contribution in [0.2, 0.25) is 0 Å². The van der Waals surface area contributed by atoms with Crippen molar-refractivity contribution < 1.29 is 61.7 Å². The molecule has 0 saturated heterocycles. The van der Waals surface area contributed by atoms with Gasteiger partial charge in [0.25, 0.3) is 0 Å². The van der Waals surface area contributed by atoms with Crippen LogP contribution in [0.5, 0.6) is 11.5 Å². The molecular weight excluding hydrogens is 528 g/mol. The molecule has 0 aliphatic heterocycles. The van der Waals surface area contributed by atoms with E-state index in [4.69, 9.17) is 0 Å². The average molecular weight is 542 g/mol. The van der Waals surface area contributed by atoms with Crippen LogP contribution in [-0.4, -0.2) is 14.2 Å². The molecule has 4 rings (SSSR count). The Balaban J connectivity index is 0.000000240. The molecule has 0 bridgehead atoms. The molecule has 35 heavy (non-hydrogen) atoms. The van der Waals surface area contributed by atoms with Gasteiger partial charge in [-0.3, -0.25) is 0 Å². The van der Waals surface area contributed by atoms with E-state index in [9.17, 15) is 35.1 Å². The summed E-state index contributed by atoms with van der Waals surface area (Å²) >= 11 is 0. The summed E-state index contributed by atoms with van der Waals surface area (Å²) in [6.07, 6.45) is 0. The van der Waals surface area contributed by atoms with Crippen LogP contribution in [0, 0.1) is 46.5 Å². The summed E-state index contributed by atoms with van der Waals surface area (Å²) < 4.78 is 115. The normalized spacial score (nSPS) is 10.3. The van der Waals surface area contributed by atoms with Gasteiger partial charge in [0, 0.05) is 17.1 Å².